The molecule has 88 valence electrons. The number of rotatable bonds is 5. The van der Waals surface area contributed by atoms with Gasteiger partial charge in [-0.25, -0.2) is 0 Å². The number of aliphatic hydroxyl groups is 1. The molecule has 1 saturated heterocycles. The molecule has 3 nitrogen and oxygen atoms in total. The van der Waals surface area contributed by atoms with E-state index >= 15 is 0 Å². The SMILES string of the molecule is CNC1CC(CCO)CN(CC2CC2)C1. The molecule has 0 aromatic rings. The molecule has 0 bridgehead atoms. The summed E-state index contributed by atoms with van der Waals surface area (Å²) in [5.41, 5.74) is 0. The lowest BCUT2D eigenvalue weighted by molar-refractivity contribution is 0.120. The standard InChI is InChI=1S/C12H24N2O/c1-13-12-6-11(4-5-15)8-14(9-12)7-10-2-3-10/h10-13,15H,2-9H2,1H3. The number of nitrogens with one attached hydrogen (secondary N) is 1. The molecular formula is C12H24N2O. The van der Waals surface area contributed by atoms with Gasteiger partial charge in [-0.1, -0.05) is 0 Å². The Morgan fingerprint density at radius 1 is 1.27 bits per heavy atom. The van der Waals surface area contributed by atoms with Crippen molar-refractivity contribution >= 4 is 0 Å². The lowest BCUT2D eigenvalue weighted by Gasteiger charge is -2.37. The van der Waals surface area contributed by atoms with E-state index in [1.807, 2.05) is 0 Å². The van der Waals surface area contributed by atoms with E-state index in [2.05, 4.69) is 17.3 Å². The highest BCUT2D eigenvalue weighted by molar-refractivity contribution is 4.86. The molecule has 2 fully saturated rings. The van der Waals surface area contributed by atoms with Gasteiger partial charge >= 0.3 is 0 Å². The third-order valence-electron chi connectivity index (χ3n) is 3.77. The van der Waals surface area contributed by atoms with Crippen molar-refractivity contribution < 1.29 is 5.11 Å². The summed E-state index contributed by atoms with van der Waals surface area (Å²) in [5.74, 6) is 1.68. The van der Waals surface area contributed by atoms with Crippen LogP contribution in [-0.4, -0.2) is 49.3 Å². The number of hydrogen-bond donors (Lipinski definition) is 2. The number of likely N-dealkylation sites (tertiary alicyclic amines) is 1. The third-order valence-corrected chi connectivity index (χ3v) is 3.77. The van der Waals surface area contributed by atoms with E-state index in [1.54, 1.807) is 0 Å². The fourth-order valence-electron chi connectivity index (χ4n) is 2.72. The van der Waals surface area contributed by atoms with Crippen LogP contribution in [0.15, 0.2) is 0 Å². The van der Waals surface area contributed by atoms with E-state index in [9.17, 15) is 0 Å². The quantitative estimate of drug-likeness (QED) is 0.704. The Morgan fingerprint density at radius 3 is 2.67 bits per heavy atom. The van der Waals surface area contributed by atoms with Gasteiger partial charge in [-0.15, -0.1) is 0 Å². The molecule has 2 unspecified atom stereocenters. The minimum absolute atomic E-state index is 0.346. The van der Waals surface area contributed by atoms with Gasteiger partial charge in [0, 0.05) is 32.3 Å². The Morgan fingerprint density at radius 2 is 2.07 bits per heavy atom. The zero-order valence-electron chi connectivity index (χ0n) is 9.78. The summed E-state index contributed by atoms with van der Waals surface area (Å²) >= 11 is 0. The molecule has 2 atom stereocenters. The summed E-state index contributed by atoms with van der Waals surface area (Å²) in [6.45, 7) is 4.04. The minimum atomic E-state index is 0.346. The average Bonchev–Trinajstić information content (AvgIpc) is 3.02. The Balaban J connectivity index is 1.81. The van der Waals surface area contributed by atoms with Crippen LogP contribution in [0, 0.1) is 11.8 Å². The summed E-state index contributed by atoms with van der Waals surface area (Å²) in [6, 6.07) is 0.633. The fourth-order valence-corrected chi connectivity index (χ4v) is 2.72. The molecule has 2 N–H and O–H groups in total. The van der Waals surface area contributed by atoms with Crippen molar-refractivity contribution in [1.29, 1.82) is 0 Å². The maximum atomic E-state index is 9.02. The molecule has 2 rings (SSSR count). The second-order valence-corrected chi connectivity index (χ2v) is 5.26. The molecular weight excluding hydrogens is 188 g/mol. The largest absolute Gasteiger partial charge is 0.396 e. The number of piperidine rings is 1. The highest BCUT2D eigenvalue weighted by Gasteiger charge is 2.30. The van der Waals surface area contributed by atoms with Crippen LogP contribution in [-0.2, 0) is 0 Å². The number of aliphatic hydroxyl groups excluding tert-OH is 1. The lowest BCUT2D eigenvalue weighted by atomic mass is 9.91. The van der Waals surface area contributed by atoms with Crippen molar-refractivity contribution in [1.82, 2.24) is 10.2 Å². The Bertz CT molecular complexity index is 194. The van der Waals surface area contributed by atoms with Crippen LogP contribution in [0.25, 0.3) is 0 Å². The van der Waals surface area contributed by atoms with E-state index in [-0.39, 0.29) is 0 Å². The van der Waals surface area contributed by atoms with Gasteiger partial charge in [-0.2, -0.15) is 0 Å². The zero-order valence-corrected chi connectivity index (χ0v) is 9.78. The molecule has 0 aromatic heterocycles. The van der Waals surface area contributed by atoms with Gasteiger partial charge in [0.05, 0.1) is 0 Å². The highest BCUT2D eigenvalue weighted by Crippen LogP contribution is 2.31. The van der Waals surface area contributed by atoms with Gasteiger partial charge in [0.25, 0.3) is 0 Å². The van der Waals surface area contributed by atoms with Crippen molar-refractivity contribution in [3.05, 3.63) is 0 Å². The van der Waals surface area contributed by atoms with Crippen LogP contribution in [0.4, 0.5) is 0 Å². The predicted molar refractivity (Wildman–Crippen MR) is 61.8 cm³/mol. The topological polar surface area (TPSA) is 35.5 Å². The first-order valence-electron chi connectivity index (χ1n) is 6.32. The van der Waals surface area contributed by atoms with E-state index in [0.717, 1.165) is 12.3 Å². The van der Waals surface area contributed by atoms with Gasteiger partial charge in [-0.05, 0) is 44.6 Å². The number of nitrogens with zero attached hydrogens (tertiary/aromatic N) is 1. The molecule has 0 aromatic carbocycles. The first kappa shape index (κ1) is 11.4. The zero-order chi connectivity index (χ0) is 10.7. The van der Waals surface area contributed by atoms with Gasteiger partial charge < -0.3 is 15.3 Å². The second-order valence-electron chi connectivity index (χ2n) is 5.26. The molecule has 2 aliphatic rings. The third kappa shape index (κ3) is 3.44. The summed E-state index contributed by atoms with van der Waals surface area (Å²) < 4.78 is 0. The maximum absolute atomic E-state index is 9.02. The molecule has 1 aliphatic heterocycles. The fraction of sp³-hybridized carbons (Fsp3) is 1.00. The van der Waals surface area contributed by atoms with E-state index in [1.165, 1.54) is 38.9 Å². The minimum Gasteiger partial charge on any atom is -0.396 e. The van der Waals surface area contributed by atoms with Crippen molar-refractivity contribution in [2.24, 2.45) is 11.8 Å². The van der Waals surface area contributed by atoms with E-state index in [0.29, 0.717) is 18.6 Å². The Hall–Kier alpha value is -0.120. The Kier molecular flexibility index (Phi) is 4.00. The van der Waals surface area contributed by atoms with Gasteiger partial charge in [0.1, 0.15) is 0 Å². The highest BCUT2D eigenvalue weighted by atomic mass is 16.3. The molecule has 0 radical (unpaired) electrons. The molecule has 0 amide bonds. The molecule has 1 heterocycles. The number of likely N-dealkylation sites (N-methyl/N-ethyl adjacent to an activating group) is 1. The van der Waals surface area contributed by atoms with Crippen molar-refractivity contribution in [3.63, 3.8) is 0 Å². The summed E-state index contributed by atoms with van der Waals surface area (Å²) in [5, 5.41) is 12.4. The summed E-state index contributed by atoms with van der Waals surface area (Å²) in [4.78, 5) is 2.60. The normalized spacial score (nSPS) is 33.2. The second kappa shape index (κ2) is 5.28. The molecule has 1 aliphatic carbocycles. The van der Waals surface area contributed by atoms with Crippen LogP contribution >= 0.6 is 0 Å². The lowest BCUT2D eigenvalue weighted by Crippen LogP contribution is -2.48. The van der Waals surface area contributed by atoms with Crippen molar-refractivity contribution in [2.75, 3.05) is 33.3 Å². The first-order chi connectivity index (χ1) is 7.31. The van der Waals surface area contributed by atoms with E-state index < -0.39 is 0 Å². The maximum Gasteiger partial charge on any atom is 0.0434 e. The Labute approximate surface area is 92.8 Å². The van der Waals surface area contributed by atoms with Crippen LogP contribution in [0.1, 0.15) is 25.7 Å². The predicted octanol–water partition coefficient (Wildman–Crippen LogP) is 0.689. The molecule has 0 spiro atoms. The van der Waals surface area contributed by atoms with Crippen LogP contribution in [0.3, 0.4) is 0 Å². The molecule has 1 saturated carbocycles. The number of hydrogen-bond acceptors (Lipinski definition) is 3. The average molecular weight is 212 g/mol. The smallest absolute Gasteiger partial charge is 0.0434 e. The van der Waals surface area contributed by atoms with Crippen LogP contribution in [0.5, 0.6) is 0 Å². The molecule has 15 heavy (non-hydrogen) atoms. The first-order valence-corrected chi connectivity index (χ1v) is 6.32. The van der Waals surface area contributed by atoms with Gasteiger partial charge in [-0.3, -0.25) is 0 Å². The summed E-state index contributed by atoms with van der Waals surface area (Å²) in [7, 11) is 2.06. The van der Waals surface area contributed by atoms with Crippen LogP contribution < -0.4 is 5.32 Å². The monoisotopic (exact) mass is 212 g/mol. The van der Waals surface area contributed by atoms with Crippen molar-refractivity contribution in [2.45, 2.75) is 31.7 Å². The summed E-state index contributed by atoms with van der Waals surface area (Å²) in [6.07, 6.45) is 5.08. The van der Waals surface area contributed by atoms with E-state index in [4.69, 9.17) is 5.11 Å². The van der Waals surface area contributed by atoms with Gasteiger partial charge in [0.15, 0.2) is 0 Å². The van der Waals surface area contributed by atoms with Crippen molar-refractivity contribution in [3.8, 4) is 0 Å². The van der Waals surface area contributed by atoms with Crippen LogP contribution in [0.2, 0.25) is 0 Å². The molecule has 3 heteroatoms. The van der Waals surface area contributed by atoms with Gasteiger partial charge in [0.2, 0.25) is 0 Å².